The Morgan fingerprint density at radius 2 is 1.52 bits per heavy atom. The lowest BCUT2D eigenvalue weighted by Gasteiger charge is -2.26. The van der Waals surface area contributed by atoms with Crippen molar-refractivity contribution in [3.63, 3.8) is 0 Å². The van der Waals surface area contributed by atoms with E-state index in [1.807, 2.05) is 84.8 Å². The summed E-state index contributed by atoms with van der Waals surface area (Å²) in [5.74, 6) is -1.42. The zero-order chi connectivity index (χ0) is 30.1. The Kier molecular flexibility index (Phi) is 10.7. The molecular formula is C34H34F2N2O3S. The number of anilines is 1. The molecule has 4 aromatic carbocycles. The Morgan fingerprint density at radius 1 is 0.857 bits per heavy atom. The summed E-state index contributed by atoms with van der Waals surface area (Å²) in [6.45, 7) is 2.67. The molecular weight excluding hydrogens is 554 g/mol. The fraction of sp³-hybridized carbons (Fsp3) is 0.235. The minimum atomic E-state index is -0.764. The molecule has 1 amide bonds. The first-order chi connectivity index (χ1) is 20.3. The first-order valence-electron chi connectivity index (χ1n) is 13.6. The number of halogens is 2. The summed E-state index contributed by atoms with van der Waals surface area (Å²) in [6.07, 6.45) is 2.39. The van der Waals surface area contributed by atoms with Gasteiger partial charge in [-0.05, 0) is 89.6 Å². The van der Waals surface area contributed by atoms with E-state index in [2.05, 4.69) is 5.32 Å². The fourth-order valence-electron chi connectivity index (χ4n) is 4.87. The molecule has 4 rings (SSSR count). The van der Waals surface area contributed by atoms with Gasteiger partial charge in [0.25, 0.3) is 5.91 Å². The molecule has 0 saturated heterocycles. The molecule has 0 fully saturated rings. The highest BCUT2D eigenvalue weighted by molar-refractivity contribution is 7.98. The second kappa shape index (κ2) is 14.6. The average Bonchev–Trinajstić information content (AvgIpc) is 2.98. The van der Waals surface area contributed by atoms with Gasteiger partial charge in [0, 0.05) is 30.4 Å². The average molecular weight is 589 g/mol. The summed E-state index contributed by atoms with van der Waals surface area (Å²) in [6, 6.07) is 25.8. The van der Waals surface area contributed by atoms with Crippen LogP contribution >= 0.6 is 11.8 Å². The number of benzene rings is 4. The van der Waals surface area contributed by atoms with Crippen LogP contribution in [0.1, 0.15) is 33.5 Å². The minimum absolute atomic E-state index is 0.275. The lowest BCUT2D eigenvalue weighted by atomic mass is 9.93. The molecule has 0 aliphatic rings. The maximum Gasteiger partial charge on any atom is 0.328 e. The molecule has 0 saturated carbocycles. The van der Waals surface area contributed by atoms with Crippen LogP contribution in [0.2, 0.25) is 0 Å². The first-order valence-corrected chi connectivity index (χ1v) is 15.0. The van der Waals surface area contributed by atoms with Crippen LogP contribution in [0.15, 0.2) is 91.0 Å². The van der Waals surface area contributed by atoms with E-state index in [1.165, 1.54) is 19.2 Å². The van der Waals surface area contributed by atoms with Gasteiger partial charge in [-0.25, -0.2) is 13.6 Å². The van der Waals surface area contributed by atoms with E-state index in [1.54, 1.807) is 17.8 Å². The minimum Gasteiger partial charge on any atom is -0.467 e. The molecule has 1 atom stereocenters. The maximum atomic E-state index is 14.0. The number of esters is 1. The van der Waals surface area contributed by atoms with Crippen LogP contribution in [0.3, 0.4) is 0 Å². The largest absolute Gasteiger partial charge is 0.467 e. The lowest BCUT2D eigenvalue weighted by molar-refractivity contribution is -0.142. The third-order valence-corrected chi connectivity index (χ3v) is 7.60. The number of nitrogens with zero attached hydrogens (tertiary/aromatic N) is 1. The van der Waals surface area contributed by atoms with Gasteiger partial charge in [-0.3, -0.25) is 4.79 Å². The summed E-state index contributed by atoms with van der Waals surface area (Å²) in [4.78, 5) is 28.0. The molecule has 42 heavy (non-hydrogen) atoms. The predicted molar refractivity (Wildman–Crippen MR) is 166 cm³/mol. The Labute approximate surface area is 249 Å². The highest BCUT2D eigenvalue weighted by Crippen LogP contribution is 2.30. The summed E-state index contributed by atoms with van der Waals surface area (Å²) < 4.78 is 33.0. The van der Waals surface area contributed by atoms with Crippen LogP contribution in [0.4, 0.5) is 14.5 Å². The Morgan fingerprint density at radius 3 is 2.19 bits per heavy atom. The van der Waals surface area contributed by atoms with E-state index in [0.29, 0.717) is 29.8 Å². The zero-order valence-electron chi connectivity index (χ0n) is 23.9. The number of nitrogens with one attached hydrogen (secondary N) is 1. The monoisotopic (exact) mass is 588 g/mol. The lowest BCUT2D eigenvalue weighted by Crippen LogP contribution is -2.42. The zero-order valence-corrected chi connectivity index (χ0v) is 24.7. The highest BCUT2D eigenvalue weighted by atomic mass is 32.2. The fourth-order valence-corrected chi connectivity index (χ4v) is 5.34. The number of methoxy groups -OCH3 is 1. The number of amides is 1. The molecule has 0 heterocycles. The highest BCUT2D eigenvalue weighted by Gasteiger charge is 2.24. The van der Waals surface area contributed by atoms with Crippen LogP contribution in [0, 0.1) is 18.6 Å². The van der Waals surface area contributed by atoms with Crippen molar-refractivity contribution in [2.24, 2.45) is 0 Å². The quantitative estimate of drug-likeness (QED) is 0.178. The van der Waals surface area contributed by atoms with E-state index >= 15 is 0 Å². The van der Waals surface area contributed by atoms with E-state index in [0.717, 1.165) is 34.0 Å². The summed E-state index contributed by atoms with van der Waals surface area (Å²) in [5, 5.41) is 2.87. The van der Waals surface area contributed by atoms with Crippen molar-refractivity contribution in [1.29, 1.82) is 0 Å². The Balaban J connectivity index is 1.72. The molecule has 0 aliphatic heterocycles. The summed E-state index contributed by atoms with van der Waals surface area (Å²) in [5.41, 5.74) is 5.33. The number of thioether (sulfide) groups is 1. The smallest absolute Gasteiger partial charge is 0.328 e. The Hall–Kier alpha value is -4.17. The molecule has 1 N–H and O–H groups in total. The molecule has 0 aliphatic carbocycles. The van der Waals surface area contributed by atoms with Gasteiger partial charge >= 0.3 is 5.97 Å². The maximum absolute atomic E-state index is 14.0. The van der Waals surface area contributed by atoms with E-state index in [9.17, 15) is 18.4 Å². The normalized spacial score (nSPS) is 11.5. The number of rotatable bonds is 12. The first kappa shape index (κ1) is 30.8. The summed E-state index contributed by atoms with van der Waals surface area (Å²) >= 11 is 1.59. The second-order valence-electron chi connectivity index (χ2n) is 9.99. The van der Waals surface area contributed by atoms with Crippen molar-refractivity contribution in [3.8, 4) is 11.1 Å². The number of para-hydroxylation sites is 1. The Bertz CT molecular complexity index is 1510. The summed E-state index contributed by atoms with van der Waals surface area (Å²) in [7, 11) is 1.31. The van der Waals surface area contributed by atoms with Crippen molar-refractivity contribution >= 4 is 29.3 Å². The van der Waals surface area contributed by atoms with E-state index < -0.39 is 23.6 Å². The third kappa shape index (κ3) is 7.97. The SMILES string of the molecule is COC(=O)[C@H](CCSC)NC(=O)c1ccc(CN(Cc2cc(F)cc(F)c2)c2ccccc2)cc1-c1ccccc1C. The van der Waals surface area contributed by atoms with Crippen LogP contribution in [0.5, 0.6) is 0 Å². The van der Waals surface area contributed by atoms with Crippen LogP contribution in [0.25, 0.3) is 11.1 Å². The van der Waals surface area contributed by atoms with Gasteiger partial charge in [-0.15, -0.1) is 0 Å². The number of ether oxygens (including phenoxy) is 1. The number of carbonyl (C=O) groups is 2. The molecule has 0 unspecified atom stereocenters. The molecule has 218 valence electrons. The van der Waals surface area contributed by atoms with Crippen molar-refractivity contribution in [1.82, 2.24) is 5.32 Å². The van der Waals surface area contributed by atoms with Crippen molar-refractivity contribution in [3.05, 3.63) is 125 Å². The van der Waals surface area contributed by atoms with Crippen molar-refractivity contribution < 1.29 is 23.1 Å². The van der Waals surface area contributed by atoms with E-state index in [-0.39, 0.29) is 12.5 Å². The topological polar surface area (TPSA) is 58.6 Å². The predicted octanol–water partition coefficient (Wildman–Crippen LogP) is 7.17. The molecule has 4 aromatic rings. The number of hydrogen-bond donors (Lipinski definition) is 1. The number of aryl methyl sites for hydroxylation is 1. The van der Waals surface area contributed by atoms with E-state index in [4.69, 9.17) is 4.74 Å². The molecule has 5 nitrogen and oxygen atoms in total. The molecule has 0 spiro atoms. The van der Waals surface area contributed by atoms with Gasteiger partial charge < -0.3 is 15.0 Å². The molecule has 0 radical (unpaired) electrons. The number of hydrogen-bond acceptors (Lipinski definition) is 5. The van der Waals surface area contributed by atoms with Gasteiger partial charge in [-0.1, -0.05) is 48.5 Å². The van der Waals surface area contributed by atoms with Crippen LogP contribution < -0.4 is 10.2 Å². The van der Waals surface area contributed by atoms with Gasteiger partial charge in [0.2, 0.25) is 0 Å². The van der Waals surface area contributed by atoms with Gasteiger partial charge in [0.15, 0.2) is 0 Å². The van der Waals surface area contributed by atoms with Crippen molar-refractivity contribution in [2.45, 2.75) is 32.5 Å². The molecule has 8 heteroatoms. The van der Waals surface area contributed by atoms with Crippen LogP contribution in [-0.2, 0) is 22.6 Å². The van der Waals surface area contributed by atoms with Gasteiger partial charge in [0.1, 0.15) is 17.7 Å². The number of carbonyl (C=O) groups excluding carboxylic acids is 2. The van der Waals surface area contributed by atoms with Gasteiger partial charge in [-0.2, -0.15) is 11.8 Å². The van der Waals surface area contributed by atoms with Gasteiger partial charge in [0.05, 0.1) is 7.11 Å². The van der Waals surface area contributed by atoms with Crippen molar-refractivity contribution in [2.75, 3.05) is 24.0 Å². The molecule has 0 aromatic heterocycles. The standard InChI is InChI=1S/C34H34F2N2O3S/c1-23-9-7-8-12-29(23)31-19-24(13-14-30(31)33(39)37-32(15-16-42-3)34(40)41-2)21-38(28-10-5-4-6-11-28)22-25-17-26(35)20-27(36)18-25/h4-14,17-20,32H,15-16,21-22H2,1-3H3,(H,37,39)/t32-/m0/s1. The van der Waals surface area contributed by atoms with Crippen LogP contribution in [-0.4, -0.2) is 37.0 Å². The molecule has 0 bridgehead atoms. The third-order valence-electron chi connectivity index (χ3n) is 6.96. The second-order valence-corrected chi connectivity index (χ2v) is 11.0.